The second-order valence-electron chi connectivity index (χ2n) is 8.27. The number of aryl methyl sites for hydroxylation is 1. The van der Waals surface area contributed by atoms with Crippen molar-refractivity contribution in [1.29, 1.82) is 0 Å². The third-order valence-electron chi connectivity index (χ3n) is 6.34. The van der Waals surface area contributed by atoms with Gasteiger partial charge in [-0.05, 0) is 41.6 Å². The van der Waals surface area contributed by atoms with Crippen LogP contribution in [-0.4, -0.2) is 47.5 Å². The smallest absolute Gasteiger partial charge is 0.196 e. The summed E-state index contributed by atoms with van der Waals surface area (Å²) in [4.78, 5) is 33.2. The summed E-state index contributed by atoms with van der Waals surface area (Å²) in [6, 6.07) is 15.7. The first-order chi connectivity index (χ1) is 15.0. The van der Waals surface area contributed by atoms with Gasteiger partial charge in [-0.15, -0.1) is 11.3 Å². The molecule has 1 fully saturated rings. The molecule has 31 heavy (non-hydrogen) atoms. The first kappa shape index (κ1) is 20.2. The minimum Gasteiger partial charge on any atom is -0.296 e. The summed E-state index contributed by atoms with van der Waals surface area (Å²) in [5.41, 5.74) is 0.488. The second kappa shape index (κ2) is 7.79. The summed E-state index contributed by atoms with van der Waals surface area (Å²) in [7, 11) is 0. The third-order valence-corrected chi connectivity index (χ3v) is 7.20. The highest BCUT2D eigenvalue weighted by atomic mass is 32.1. The fourth-order valence-corrected chi connectivity index (χ4v) is 5.66. The Kier molecular flexibility index (Phi) is 5.08. The number of halogens is 1. The van der Waals surface area contributed by atoms with E-state index in [-0.39, 0.29) is 11.6 Å². The van der Waals surface area contributed by atoms with Gasteiger partial charge in [0.25, 0.3) is 0 Å². The minimum atomic E-state index is -1.49. The number of thiophene rings is 1. The van der Waals surface area contributed by atoms with Crippen molar-refractivity contribution < 1.29 is 14.0 Å². The van der Waals surface area contributed by atoms with Crippen LogP contribution in [0.5, 0.6) is 0 Å². The Morgan fingerprint density at radius 1 is 0.935 bits per heavy atom. The molecule has 1 aliphatic carbocycles. The summed E-state index contributed by atoms with van der Waals surface area (Å²) in [6.45, 7) is 5.25. The second-order valence-corrected chi connectivity index (χ2v) is 9.31. The van der Waals surface area contributed by atoms with Gasteiger partial charge in [-0.2, -0.15) is 0 Å². The molecule has 0 unspecified atom stereocenters. The predicted molar refractivity (Wildman–Crippen MR) is 119 cm³/mol. The van der Waals surface area contributed by atoms with E-state index in [0.29, 0.717) is 35.3 Å². The zero-order valence-electron chi connectivity index (χ0n) is 17.3. The molecular formula is C25H23FN2O2S. The maximum Gasteiger partial charge on any atom is 0.196 e. The van der Waals surface area contributed by atoms with Crippen molar-refractivity contribution >= 4 is 22.9 Å². The van der Waals surface area contributed by atoms with E-state index < -0.39 is 11.4 Å². The van der Waals surface area contributed by atoms with Crippen LogP contribution >= 0.6 is 11.3 Å². The lowest BCUT2D eigenvalue weighted by atomic mass is 9.81. The van der Waals surface area contributed by atoms with Crippen molar-refractivity contribution in [3.8, 4) is 0 Å². The molecule has 2 heterocycles. The fourth-order valence-electron chi connectivity index (χ4n) is 4.91. The van der Waals surface area contributed by atoms with Crippen molar-refractivity contribution in [3.05, 3.63) is 92.9 Å². The van der Waals surface area contributed by atoms with E-state index in [1.165, 1.54) is 17.0 Å². The molecule has 0 bridgehead atoms. The van der Waals surface area contributed by atoms with E-state index in [1.807, 2.05) is 11.0 Å². The van der Waals surface area contributed by atoms with Gasteiger partial charge in [0.2, 0.25) is 0 Å². The van der Waals surface area contributed by atoms with Crippen LogP contribution in [0.1, 0.15) is 36.7 Å². The van der Waals surface area contributed by atoms with Crippen LogP contribution in [0.3, 0.4) is 0 Å². The number of hydrogen-bond donors (Lipinski definition) is 0. The van der Waals surface area contributed by atoms with E-state index in [1.54, 1.807) is 48.6 Å². The molecule has 0 amide bonds. The molecule has 0 saturated carbocycles. The van der Waals surface area contributed by atoms with Gasteiger partial charge in [-0.25, -0.2) is 4.39 Å². The Balaban J connectivity index is 1.54. The van der Waals surface area contributed by atoms with Crippen molar-refractivity contribution in [3.63, 3.8) is 0 Å². The summed E-state index contributed by atoms with van der Waals surface area (Å²) < 4.78 is 14.4. The Hall–Kier alpha value is -2.67. The Morgan fingerprint density at radius 3 is 2.19 bits per heavy atom. The highest BCUT2D eigenvalue weighted by Crippen LogP contribution is 2.43. The third kappa shape index (κ3) is 3.26. The standard InChI is InChI=1S/C25H23FN2O2S/c1-17-13-18(15-19(26)14-17)25(23(29)21-6-2-3-7-22(21)24(25)30)28-10-8-27(9-11-28)16-20-5-4-12-31-20/h2-7,12-15H,8-11,16H2,1H3. The van der Waals surface area contributed by atoms with E-state index in [2.05, 4.69) is 16.3 Å². The summed E-state index contributed by atoms with van der Waals surface area (Å²) in [5.74, 6) is -0.920. The van der Waals surface area contributed by atoms with Gasteiger partial charge >= 0.3 is 0 Å². The van der Waals surface area contributed by atoms with Gasteiger partial charge in [0, 0.05) is 48.7 Å². The molecule has 6 heteroatoms. The number of ketones is 2. The van der Waals surface area contributed by atoms with Crippen LogP contribution < -0.4 is 0 Å². The molecule has 0 spiro atoms. The average molecular weight is 435 g/mol. The number of carbonyl (C=O) groups excluding carboxylic acids is 2. The first-order valence-corrected chi connectivity index (χ1v) is 11.3. The van der Waals surface area contributed by atoms with Crippen LogP contribution in [0.2, 0.25) is 0 Å². The molecule has 1 saturated heterocycles. The number of nitrogens with zero attached hydrogens (tertiary/aromatic N) is 2. The number of fused-ring (bicyclic) bond motifs is 1. The van der Waals surface area contributed by atoms with Gasteiger partial charge in [-0.1, -0.05) is 36.4 Å². The molecule has 3 aromatic rings. The molecule has 1 aliphatic heterocycles. The van der Waals surface area contributed by atoms with Crippen LogP contribution in [0.4, 0.5) is 4.39 Å². The average Bonchev–Trinajstić information content (AvgIpc) is 3.34. The quantitative estimate of drug-likeness (QED) is 0.575. The number of carbonyl (C=O) groups is 2. The van der Waals surface area contributed by atoms with Gasteiger partial charge in [-0.3, -0.25) is 19.4 Å². The maximum absolute atomic E-state index is 14.4. The lowest BCUT2D eigenvalue weighted by Crippen LogP contribution is -2.60. The molecule has 0 radical (unpaired) electrons. The molecule has 4 nitrogen and oxygen atoms in total. The van der Waals surface area contributed by atoms with E-state index in [4.69, 9.17) is 0 Å². The fraction of sp³-hybridized carbons (Fsp3) is 0.280. The molecule has 158 valence electrons. The Morgan fingerprint density at radius 2 is 1.61 bits per heavy atom. The largest absolute Gasteiger partial charge is 0.296 e. The van der Waals surface area contributed by atoms with Gasteiger partial charge in [0.15, 0.2) is 17.1 Å². The van der Waals surface area contributed by atoms with E-state index >= 15 is 0 Å². The highest BCUT2D eigenvalue weighted by Gasteiger charge is 2.58. The minimum absolute atomic E-state index is 0.246. The van der Waals surface area contributed by atoms with Gasteiger partial charge in [0.1, 0.15) is 5.82 Å². The molecule has 1 aromatic heterocycles. The van der Waals surface area contributed by atoms with Crippen molar-refractivity contribution in [2.24, 2.45) is 0 Å². The van der Waals surface area contributed by atoms with Crippen molar-refractivity contribution in [2.45, 2.75) is 19.0 Å². The molecule has 2 aromatic carbocycles. The van der Waals surface area contributed by atoms with E-state index in [9.17, 15) is 14.0 Å². The summed E-state index contributed by atoms with van der Waals surface area (Å²) in [6.07, 6.45) is 0. The maximum atomic E-state index is 14.4. The first-order valence-electron chi connectivity index (χ1n) is 10.5. The summed E-state index contributed by atoms with van der Waals surface area (Å²) >= 11 is 1.73. The Labute approximate surface area is 184 Å². The predicted octanol–water partition coefficient (Wildman–Crippen LogP) is 4.29. The van der Waals surface area contributed by atoms with E-state index in [0.717, 1.165) is 19.6 Å². The van der Waals surface area contributed by atoms with Gasteiger partial charge in [0.05, 0.1) is 0 Å². The zero-order valence-corrected chi connectivity index (χ0v) is 18.1. The molecule has 0 N–H and O–H groups in total. The van der Waals surface area contributed by atoms with Gasteiger partial charge < -0.3 is 0 Å². The lowest BCUT2D eigenvalue weighted by molar-refractivity contribution is 0.0280. The summed E-state index contributed by atoms with van der Waals surface area (Å²) in [5, 5.41) is 2.07. The number of hydrogen-bond acceptors (Lipinski definition) is 5. The number of Topliss-reactive ketones (excluding diaryl/α,β-unsaturated/α-hetero) is 2. The van der Waals surface area contributed by atoms with Crippen LogP contribution in [0.15, 0.2) is 60.0 Å². The van der Waals surface area contributed by atoms with Crippen molar-refractivity contribution in [1.82, 2.24) is 9.80 Å². The lowest BCUT2D eigenvalue weighted by Gasteiger charge is -2.44. The van der Waals surface area contributed by atoms with Crippen LogP contribution in [0, 0.1) is 12.7 Å². The molecule has 2 aliphatic rings. The molecule has 5 rings (SSSR count). The van der Waals surface area contributed by atoms with Crippen LogP contribution in [-0.2, 0) is 12.1 Å². The molecule has 0 atom stereocenters. The molecular weight excluding hydrogens is 411 g/mol. The monoisotopic (exact) mass is 434 g/mol. The topological polar surface area (TPSA) is 40.6 Å². The number of piperazine rings is 1. The zero-order chi connectivity index (χ0) is 21.6. The highest BCUT2D eigenvalue weighted by molar-refractivity contribution is 7.09. The number of benzene rings is 2. The SMILES string of the molecule is Cc1cc(F)cc(C2(N3CCN(Cc4cccs4)CC3)C(=O)c3ccccc3C2=O)c1. The Bertz CT molecular complexity index is 1090. The van der Waals surface area contributed by atoms with Crippen molar-refractivity contribution in [2.75, 3.05) is 26.2 Å². The van der Waals surface area contributed by atoms with Crippen LogP contribution in [0.25, 0.3) is 0 Å². The number of rotatable bonds is 4. The normalized spacial score (nSPS) is 19.0.